The van der Waals surface area contributed by atoms with E-state index in [9.17, 15) is 4.79 Å². The van der Waals surface area contributed by atoms with Gasteiger partial charge in [0.2, 0.25) is 0 Å². The molecule has 0 aliphatic carbocycles. The van der Waals surface area contributed by atoms with Crippen LogP contribution >= 0.6 is 0 Å². The highest BCUT2D eigenvalue weighted by Crippen LogP contribution is 2.22. The van der Waals surface area contributed by atoms with Crippen LogP contribution in [0.1, 0.15) is 29.6 Å². The zero-order chi connectivity index (χ0) is 17.5. The van der Waals surface area contributed by atoms with Crippen molar-refractivity contribution in [3.8, 4) is 5.75 Å². The highest BCUT2D eigenvalue weighted by atomic mass is 16.5. The van der Waals surface area contributed by atoms with Crippen molar-refractivity contribution in [1.82, 2.24) is 20.6 Å². The zero-order valence-electron chi connectivity index (χ0n) is 14.6. The van der Waals surface area contributed by atoms with E-state index in [-0.39, 0.29) is 12.1 Å². The summed E-state index contributed by atoms with van der Waals surface area (Å²) >= 11 is 0. The van der Waals surface area contributed by atoms with Gasteiger partial charge in [0.25, 0.3) is 0 Å². The Kier molecular flexibility index (Phi) is 6.12. The maximum absolute atomic E-state index is 11.9. The molecule has 0 spiro atoms. The van der Waals surface area contributed by atoms with Crippen LogP contribution in [0.3, 0.4) is 0 Å². The van der Waals surface area contributed by atoms with Crippen LogP contribution in [0.25, 0.3) is 0 Å². The topological polar surface area (TPSA) is 76.1 Å². The highest BCUT2D eigenvalue weighted by Gasteiger charge is 2.10. The van der Waals surface area contributed by atoms with Gasteiger partial charge in [0, 0.05) is 6.20 Å². The Bertz CT molecular complexity index is 683. The maximum atomic E-state index is 11.9. The summed E-state index contributed by atoms with van der Waals surface area (Å²) < 4.78 is 5.85. The number of carbonyl (C=O) groups is 1. The molecule has 0 saturated heterocycles. The number of benzene rings is 1. The molecule has 2 aromatic rings. The summed E-state index contributed by atoms with van der Waals surface area (Å²) in [5.74, 6) is 1.56. The van der Waals surface area contributed by atoms with E-state index in [0.717, 1.165) is 22.6 Å². The molecule has 0 saturated carbocycles. The molecule has 0 aliphatic heterocycles. The average Bonchev–Trinajstić information content (AvgIpc) is 2.52. The van der Waals surface area contributed by atoms with E-state index in [0.29, 0.717) is 19.0 Å². The van der Waals surface area contributed by atoms with Crippen LogP contribution in [-0.2, 0) is 6.54 Å². The Balaban J connectivity index is 1.77. The quantitative estimate of drug-likeness (QED) is 0.855. The number of para-hydroxylation sites is 1. The predicted molar refractivity (Wildman–Crippen MR) is 93.0 cm³/mol. The fraction of sp³-hybridized carbons (Fsp3) is 0.389. The van der Waals surface area contributed by atoms with E-state index >= 15 is 0 Å². The van der Waals surface area contributed by atoms with E-state index in [1.165, 1.54) is 0 Å². The number of nitrogens with zero attached hydrogens (tertiary/aromatic N) is 2. The second kappa shape index (κ2) is 8.29. The average molecular weight is 328 g/mol. The van der Waals surface area contributed by atoms with Gasteiger partial charge < -0.3 is 15.4 Å². The third kappa shape index (κ3) is 5.22. The van der Waals surface area contributed by atoms with E-state index in [4.69, 9.17) is 4.74 Å². The third-order valence-electron chi connectivity index (χ3n) is 3.53. The molecule has 24 heavy (non-hydrogen) atoms. The Morgan fingerprint density at radius 2 is 1.92 bits per heavy atom. The number of urea groups is 1. The lowest BCUT2D eigenvalue weighted by atomic mass is 10.1. The fourth-order valence-corrected chi connectivity index (χ4v) is 2.33. The molecule has 1 heterocycles. The van der Waals surface area contributed by atoms with Gasteiger partial charge in [0.1, 0.15) is 18.2 Å². The zero-order valence-corrected chi connectivity index (χ0v) is 14.6. The van der Waals surface area contributed by atoms with Crippen molar-refractivity contribution in [2.24, 2.45) is 0 Å². The first kappa shape index (κ1) is 17.7. The van der Waals surface area contributed by atoms with Crippen molar-refractivity contribution in [2.75, 3.05) is 6.61 Å². The molecule has 1 aromatic heterocycles. The molecule has 0 aliphatic rings. The van der Waals surface area contributed by atoms with E-state index in [1.54, 1.807) is 12.3 Å². The normalized spacial score (nSPS) is 11.7. The Labute approximate surface area is 142 Å². The minimum Gasteiger partial charge on any atom is -0.491 e. The first-order valence-electron chi connectivity index (χ1n) is 7.97. The molecule has 2 amide bonds. The van der Waals surface area contributed by atoms with Crippen LogP contribution in [0.2, 0.25) is 0 Å². The van der Waals surface area contributed by atoms with Crippen LogP contribution in [0.15, 0.2) is 30.5 Å². The summed E-state index contributed by atoms with van der Waals surface area (Å²) in [7, 11) is 0. The number of aryl methyl sites for hydroxylation is 3. The number of aromatic nitrogens is 2. The molecule has 6 nitrogen and oxygen atoms in total. The standard InChI is InChI=1S/C18H24N4O2/c1-12-6-5-7-13(2)17(12)24-11-14(3)21-18(23)20-10-16-8-9-19-15(4)22-16/h5-9,14H,10-11H2,1-4H3,(H2,20,21,23)/t14-/m0/s1. The van der Waals surface area contributed by atoms with Gasteiger partial charge in [-0.3, -0.25) is 0 Å². The summed E-state index contributed by atoms with van der Waals surface area (Å²) in [4.78, 5) is 20.2. The number of hydrogen-bond acceptors (Lipinski definition) is 4. The van der Waals surface area contributed by atoms with Crippen molar-refractivity contribution in [1.29, 1.82) is 0 Å². The van der Waals surface area contributed by atoms with Crippen LogP contribution in [0.5, 0.6) is 5.75 Å². The van der Waals surface area contributed by atoms with Crippen LogP contribution < -0.4 is 15.4 Å². The van der Waals surface area contributed by atoms with Crippen molar-refractivity contribution in [3.63, 3.8) is 0 Å². The molecule has 1 atom stereocenters. The maximum Gasteiger partial charge on any atom is 0.315 e. The minimum absolute atomic E-state index is 0.115. The fourth-order valence-electron chi connectivity index (χ4n) is 2.33. The monoisotopic (exact) mass is 328 g/mol. The van der Waals surface area contributed by atoms with Crippen molar-refractivity contribution in [2.45, 2.75) is 40.3 Å². The van der Waals surface area contributed by atoms with Gasteiger partial charge >= 0.3 is 6.03 Å². The van der Waals surface area contributed by atoms with Crippen LogP contribution in [0.4, 0.5) is 4.79 Å². The Hall–Kier alpha value is -2.63. The van der Waals surface area contributed by atoms with Crippen molar-refractivity contribution in [3.05, 3.63) is 53.1 Å². The number of ether oxygens (including phenoxy) is 1. The number of amides is 2. The van der Waals surface area contributed by atoms with Gasteiger partial charge in [-0.05, 0) is 44.9 Å². The molecule has 1 aromatic carbocycles. The summed E-state index contributed by atoms with van der Waals surface area (Å²) in [5.41, 5.74) is 2.95. The second-order valence-corrected chi connectivity index (χ2v) is 5.86. The first-order chi connectivity index (χ1) is 11.5. The predicted octanol–water partition coefficient (Wildman–Crippen LogP) is 2.67. The number of hydrogen-bond donors (Lipinski definition) is 2. The van der Waals surface area contributed by atoms with Crippen molar-refractivity contribution >= 4 is 6.03 Å². The molecule has 0 fully saturated rings. The van der Waals surface area contributed by atoms with Crippen LogP contribution in [-0.4, -0.2) is 28.6 Å². The molecule has 0 bridgehead atoms. The Morgan fingerprint density at radius 3 is 2.58 bits per heavy atom. The van der Waals surface area contributed by atoms with Gasteiger partial charge in [-0.15, -0.1) is 0 Å². The number of rotatable bonds is 6. The van der Waals surface area contributed by atoms with Gasteiger partial charge in [0.05, 0.1) is 18.3 Å². The smallest absolute Gasteiger partial charge is 0.315 e. The molecule has 2 rings (SSSR count). The lowest BCUT2D eigenvalue weighted by molar-refractivity contribution is 0.225. The largest absolute Gasteiger partial charge is 0.491 e. The first-order valence-corrected chi connectivity index (χ1v) is 7.97. The molecule has 2 N–H and O–H groups in total. The summed E-state index contributed by atoms with van der Waals surface area (Å²) in [6.07, 6.45) is 1.68. The molecule has 0 radical (unpaired) electrons. The lowest BCUT2D eigenvalue weighted by Crippen LogP contribution is -2.43. The number of carbonyl (C=O) groups excluding carboxylic acids is 1. The van der Waals surface area contributed by atoms with Gasteiger partial charge in [-0.2, -0.15) is 0 Å². The third-order valence-corrected chi connectivity index (χ3v) is 3.53. The minimum atomic E-state index is -0.246. The summed E-state index contributed by atoms with van der Waals surface area (Å²) in [6.45, 7) is 8.51. The van der Waals surface area contributed by atoms with E-state index in [1.807, 2.05) is 45.9 Å². The van der Waals surface area contributed by atoms with Crippen molar-refractivity contribution < 1.29 is 9.53 Å². The summed E-state index contributed by atoms with van der Waals surface area (Å²) in [6, 6.07) is 7.44. The summed E-state index contributed by atoms with van der Waals surface area (Å²) in [5, 5.41) is 5.64. The van der Waals surface area contributed by atoms with Gasteiger partial charge in [0.15, 0.2) is 0 Å². The highest BCUT2D eigenvalue weighted by molar-refractivity contribution is 5.74. The van der Waals surface area contributed by atoms with Gasteiger partial charge in [-0.1, -0.05) is 18.2 Å². The SMILES string of the molecule is Cc1nccc(CNC(=O)N[C@@H](C)COc2c(C)cccc2C)n1. The van der Waals surface area contributed by atoms with Gasteiger partial charge in [-0.25, -0.2) is 14.8 Å². The Morgan fingerprint density at radius 1 is 1.21 bits per heavy atom. The second-order valence-electron chi connectivity index (χ2n) is 5.86. The molecule has 6 heteroatoms. The lowest BCUT2D eigenvalue weighted by Gasteiger charge is -2.17. The van der Waals surface area contributed by atoms with E-state index < -0.39 is 0 Å². The molecule has 0 unspecified atom stereocenters. The molecular weight excluding hydrogens is 304 g/mol. The molecule has 128 valence electrons. The van der Waals surface area contributed by atoms with E-state index in [2.05, 4.69) is 20.6 Å². The number of nitrogens with one attached hydrogen (secondary N) is 2. The van der Waals surface area contributed by atoms with Crippen LogP contribution in [0, 0.1) is 20.8 Å². The molecular formula is C18H24N4O2.